The van der Waals surface area contributed by atoms with E-state index in [0.717, 1.165) is 38.6 Å². The third-order valence-corrected chi connectivity index (χ3v) is 4.67. The Morgan fingerprint density at radius 1 is 1.37 bits per heavy atom. The second-order valence-corrected chi connectivity index (χ2v) is 6.08. The molecule has 0 radical (unpaired) electrons. The predicted molar refractivity (Wildman–Crippen MR) is 73.7 cm³/mol. The first-order valence-electron chi connectivity index (χ1n) is 7.68. The molecule has 2 aliphatic rings. The summed E-state index contributed by atoms with van der Waals surface area (Å²) in [5, 5.41) is 10.3. The Balaban J connectivity index is 1.99. The zero-order valence-electron chi connectivity index (χ0n) is 12.2. The van der Waals surface area contributed by atoms with Crippen LogP contribution in [0.4, 0.5) is 0 Å². The lowest BCUT2D eigenvalue weighted by Crippen LogP contribution is -2.47. The van der Waals surface area contributed by atoms with Gasteiger partial charge in [0.25, 0.3) is 0 Å². The molecule has 1 amide bonds. The molecule has 1 aliphatic heterocycles. The fourth-order valence-corrected chi connectivity index (χ4v) is 3.64. The van der Waals surface area contributed by atoms with Crippen molar-refractivity contribution in [3.8, 4) is 0 Å². The summed E-state index contributed by atoms with van der Waals surface area (Å²) in [6.45, 7) is 5.74. The van der Waals surface area contributed by atoms with Gasteiger partial charge in [0.05, 0.1) is 6.10 Å². The van der Waals surface area contributed by atoms with Gasteiger partial charge in [-0.2, -0.15) is 0 Å². The Morgan fingerprint density at radius 3 is 2.89 bits per heavy atom. The van der Waals surface area contributed by atoms with E-state index in [1.54, 1.807) is 0 Å². The Hall–Kier alpha value is -0.610. The summed E-state index contributed by atoms with van der Waals surface area (Å²) in [7, 11) is 0. The quantitative estimate of drug-likeness (QED) is 0.847. The normalized spacial score (nSPS) is 35.6. The SMILES string of the molecule is CCOCC(=O)N1CCC[C@@H]1[C@@H]1C[C@H](C)CC[C@@H]1O. The van der Waals surface area contributed by atoms with Crippen molar-refractivity contribution in [1.82, 2.24) is 4.90 Å². The van der Waals surface area contributed by atoms with Crippen LogP contribution in [-0.4, -0.2) is 47.8 Å². The molecule has 1 aliphatic carbocycles. The van der Waals surface area contributed by atoms with E-state index >= 15 is 0 Å². The molecule has 0 unspecified atom stereocenters. The molecular formula is C15H27NO3. The Labute approximate surface area is 116 Å². The first-order chi connectivity index (χ1) is 9.13. The van der Waals surface area contributed by atoms with Gasteiger partial charge in [0.1, 0.15) is 6.61 Å². The van der Waals surface area contributed by atoms with E-state index in [1.165, 1.54) is 0 Å². The van der Waals surface area contributed by atoms with Crippen LogP contribution in [0, 0.1) is 11.8 Å². The molecule has 1 heterocycles. The molecule has 4 atom stereocenters. The van der Waals surface area contributed by atoms with Crippen molar-refractivity contribution in [2.45, 2.75) is 58.1 Å². The Kier molecular flexibility index (Phi) is 5.22. The summed E-state index contributed by atoms with van der Waals surface area (Å²) in [6.07, 6.45) is 4.89. The van der Waals surface area contributed by atoms with Crippen molar-refractivity contribution in [3.05, 3.63) is 0 Å². The second-order valence-electron chi connectivity index (χ2n) is 6.08. The predicted octanol–water partition coefficient (Wildman–Crippen LogP) is 1.81. The summed E-state index contributed by atoms with van der Waals surface area (Å²) < 4.78 is 5.24. The molecule has 110 valence electrons. The molecule has 0 aromatic heterocycles. The molecule has 0 aromatic rings. The first kappa shape index (κ1) is 14.8. The van der Waals surface area contributed by atoms with Gasteiger partial charge < -0.3 is 14.7 Å². The van der Waals surface area contributed by atoms with E-state index in [4.69, 9.17) is 4.74 Å². The number of aliphatic hydroxyl groups is 1. The second kappa shape index (κ2) is 6.71. The highest BCUT2D eigenvalue weighted by Crippen LogP contribution is 2.37. The molecule has 1 saturated heterocycles. The lowest BCUT2D eigenvalue weighted by atomic mass is 9.76. The smallest absolute Gasteiger partial charge is 0.248 e. The molecule has 0 bridgehead atoms. The molecule has 2 rings (SSSR count). The first-order valence-corrected chi connectivity index (χ1v) is 7.68. The van der Waals surface area contributed by atoms with Gasteiger partial charge in [-0.05, 0) is 44.9 Å². The highest BCUT2D eigenvalue weighted by Gasteiger charge is 2.40. The van der Waals surface area contributed by atoms with Crippen LogP contribution in [0.5, 0.6) is 0 Å². The lowest BCUT2D eigenvalue weighted by molar-refractivity contribution is -0.139. The van der Waals surface area contributed by atoms with Crippen LogP contribution in [0.15, 0.2) is 0 Å². The van der Waals surface area contributed by atoms with Crippen molar-refractivity contribution in [3.63, 3.8) is 0 Å². The van der Waals surface area contributed by atoms with Crippen LogP contribution in [0.2, 0.25) is 0 Å². The van der Waals surface area contributed by atoms with Gasteiger partial charge in [0, 0.05) is 25.1 Å². The minimum Gasteiger partial charge on any atom is -0.393 e. The van der Waals surface area contributed by atoms with Crippen LogP contribution in [0.1, 0.15) is 46.0 Å². The molecule has 1 saturated carbocycles. The van der Waals surface area contributed by atoms with Gasteiger partial charge in [-0.15, -0.1) is 0 Å². The molecule has 19 heavy (non-hydrogen) atoms. The van der Waals surface area contributed by atoms with Crippen LogP contribution in [0.3, 0.4) is 0 Å². The van der Waals surface area contributed by atoms with E-state index in [0.29, 0.717) is 12.5 Å². The van der Waals surface area contributed by atoms with E-state index in [9.17, 15) is 9.90 Å². The minimum absolute atomic E-state index is 0.0924. The number of aliphatic hydroxyl groups excluding tert-OH is 1. The van der Waals surface area contributed by atoms with Crippen molar-refractivity contribution >= 4 is 5.91 Å². The Morgan fingerprint density at radius 2 is 2.16 bits per heavy atom. The number of likely N-dealkylation sites (tertiary alicyclic amines) is 1. The summed E-state index contributed by atoms with van der Waals surface area (Å²) in [5.74, 6) is 1.02. The molecule has 2 fully saturated rings. The van der Waals surface area contributed by atoms with Crippen molar-refractivity contribution < 1.29 is 14.6 Å². The van der Waals surface area contributed by atoms with Gasteiger partial charge >= 0.3 is 0 Å². The molecule has 4 heteroatoms. The van der Waals surface area contributed by atoms with Crippen molar-refractivity contribution in [2.24, 2.45) is 11.8 Å². The molecular weight excluding hydrogens is 242 g/mol. The number of carbonyl (C=O) groups excluding carboxylic acids is 1. The lowest BCUT2D eigenvalue weighted by Gasteiger charge is -2.39. The van der Waals surface area contributed by atoms with Crippen LogP contribution in [-0.2, 0) is 9.53 Å². The van der Waals surface area contributed by atoms with Crippen molar-refractivity contribution in [2.75, 3.05) is 19.8 Å². The van der Waals surface area contributed by atoms with E-state index < -0.39 is 0 Å². The standard InChI is InChI=1S/C15H27NO3/c1-3-19-10-15(18)16-8-4-5-13(16)12-9-11(2)6-7-14(12)17/h11-14,17H,3-10H2,1-2H3/t11-,12+,13-,14+/m1/s1. The van der Waals surface area contributed by atoms with Gasteiger partial charge in [-0.3, -0.25) is 4.79 Å². The highest BCUT2D eigenvalue weighted by molar-refractivity contribution is 5.78. The van der Waals surface area contributed by atoms with E-state index in [-0.39, 0.29) is 30.6 Å². The zero-order valence-corrected chi connectivity index (χ0v) is 12.2. The molecule has 0 aromatic carbocycles. The van der Waals surface area contributed by atoms with Crippen LogP contribution < -0.4 is 0 Å². The number of hydrogen-bond donors (Lipinski definition) is 1. The maximum atomic E-state index is 12.2. The summed E-state index contributed by atoms with van der Waals surface area (Å²) >= 11 is 0. The molecule has 4 nitrogen and oxygen atoms in total. The Bertz CT molecular complexity index is 308. The zero-order chi connectivity index (χ0) is 13.8. The fraction of sp³-hybridized carbons (Fsp3) is 0.933. The summed E-state index contributed by atoms with van der Waals surface area (Å²) in [5.41, 5.74) is 0. The van der Waals surface area contributed by atoms with Gasteiger partial charge in [0.2, 0.25) is 5.91 Å². The minimum atomic E-state index is -0.235. The molecule has 0 spiro atoms. The van der Waals surface area contributed by atoms with Gasteiger partial charge in [-0.25, -0.2) is 0 Å². The number of carbonyl (C=O) groups is 1. The molecule has 1 N–H and O–H groups in total. The maximum absolute atomic E-state index is 12.2. The fourth-order valence-electron chi connectivity index (χ4n) is 3.64. The van der Waals surface area contributed by atoms with Crippen molar-refractivity contribution in [1.29, 1.82) is 0 Å². The van der Waals surface area contributed by atoms with E-state index in [1.807, 2.05) is 11.8 Å². The number of hydrogen-bond acceptors (Lipinski definition) is 3. The third kappa shape index (κ3) is 3.48. The number of rotatable bonds is 4. The third-order valence-electron chi connectivity index (χ3n) is 4.67. The van der Waals surface area contributed by atoms with Crippen LogP contribution in [0.25, 0.3) is 0 Å². The van der Waals surface area contributed by atoms with Crippen LogP contribution >= 0.6 is 0 Å². The van der Waals surface area contributed by atoms with Gasteiger partial charge in [0.15, 0.2) is 0 Å². The van der Waals surface area contributed by atoms with Gasteiger partial charge in [-0.1, -0.05) is 6.92 Å². The van der Waals surface area contributed by atoms with E-state index in [2.05, 4.69) is 6.92 Å². The largest absolute Gasteiger partial charge is 0.393 e. The summed E-state index contributed by atoms with van der Waals surface area (Å²) in [6, 6.07) is 0.228. The summed E-state index contributed by atoms with van der Waals surface area (Å²) in [4.78, 5) is 14.1. The number of ether oxygens (including phenoxy) is 1. The maximum Gasteiger partial charge on any atom is 0.248 e. The average Bonchev–Trinajstić information content (AvgIpc) is 2.88. The average molecular weight is 269 g/mol. The monoisotopic (exact) mass is 269 g/mol. The topological polar surface area (TPSA) is 49.8 Å². The number of nitrogens with zero attached hydrogens (tertiary/aromatic N) is 1. The highest BCUT2D eigenvalue weighted by atomic mass is 16.5. The number of amides is 1.